The topological polar surface area (TPSA) is 49.8 Å². The number of nitrogens with zero attached hydrogens (tertiary/aromatic N) is 1. The molecule has 1 aromatic carbocycles. The average molecular weight is 263 g/mol. The maximum absolute atomic E-state index is 12.1. The molecule has 1 fully saturated rings. The van der Waals surface area contributed by atoms with Crippen LogP contribution >= 0.6 is 0 Å². The Morgan fingerprint density at radius 3 is 2.74 bits per heavy atom. The number of likely N-dealkylation sites (tertiary alicyclic amines) is 1. The molecule has 1 aliphatic heterocycles. The molecule has 1 saturated heterocycles. The number of rotatable bonds is 4. The Morgan fingerprint density at radius 1 is 1.37 bits per heavy atom. The number of aliphatic hydroxyl groups excluding tert-OH is 1. The molecule has 19 heavy (non-hydrogen) atoms. The highest BCUT2D eigenvalue weighted by Crippen LogP contribution is 2.20. The molecule has 0 radical (unpaired) electrons. The number of para-hydroxylation sites is 1. The summed E-state index contributed by atoms with van der Waals surface area (Å²) in [6.07, 6.45) is 2.34. The van der Waals surface area contributed by atoms with Crippen molar-refractivity contribution in [1.82, 2.24) is 4.90 Å². The van der Waals surface area contributed by atoms with E-state index in [1.54, 1.807) is 7.11 Å². The van der Waals surface area contributed by atoms with Gasteiger partial charge in [-0.1, -0.05) is 18.2 Å². The van der Waals surface area contributed by atoms with Crippen molar-refractivity contribution in [1.29, 1.82) is 0 Å². The molecule has 4 heteroatoms. The smallest absolute Gasteiger partial charge is 0.222 e. The second-order valence-electron chi connectivity index (χ2n) is 4.92. The van der Waals surface area contributed by atoms with Gasteiger partial charge in [0.1, 0.15) is 5.75 Å². The molecular formula is C15H21NO3. The van der Waals surface area contributed by atoms with Gasteiger partial charge in [0.15, 0.2) is 0 Å². The van der Waals surface area contributed by atoms with E-state index < -0.39 is 0 Å². The van der Waals surface area contributed by atoms with E-state index in [2.05, 4.69) is 0 Å². The van der Waals surface area contributed by atoms with Gasteiger partial charge >= 0.3 is 0 Å². The molecule has 0 saturated carbocycles. The van der Waals surface area contributed by atoms with Crippen LogP contribution in [0.3, 0.4) is 0 Å². The van der Waals surface area contributed by atoms with Crippen LogP contribution in [0.25, 0.3) is 0 Å². The first-order chi connectivity index (χ1) is 9.20. The summed E-state index contributed by atoms with van der Waals surface area (Å²) >= 11 is 0. The lowest BCUT2D eigenvalue weighted by Gasteiger charge is -2.29. The third-order valence-electron chi connectivity index (χ3n) is 3.62. The van der Waals surface area contributed by atoms with E-state index >= 15 is 0 Å². The first-order valence-corrected chi connectivity index (χ1v) is 6.78. The number of methoxy groups -OCH3 is 1. The minimum Gasteiger partial charge on any atom is -0.496 e. The number of aliphatic hydroxyl groups is 1. The maximum atomic E-state index is 12.1. The van der Waals surface area contributed by atoms with Crippen molar-refractivity contribution in [3.63, 3.8) is 0 Å². The van der Waals surface area contributed by atoms with Gasteiger partial charge in [-0.3, -0.25) is 4.79 Å². The summed E-state index contributed by atoms with van der Waals surface area (Å²) in [5, 5.41) is 9.43. The number of amides is 1. The molecule has 2 rings (SSSR count). The van der Waals surface area contributed by atoms with E-state index in [-0.39, 0.29) is 12.0 Å². The van der Waals surface area contributed by atoms with Crippen molar-refractivity contribution in [2.75, 3.05) is 20.2 Å². The largest absolute Gasteiger partial charge is 0.496 e. The van der Waals surface area contributed by atoms with Crippen LogP contribution in [0, 0.1) is 0 Å². The van der Waals surface area contributed by atoms with Crippen LogP contribution in [0.5, 0.6) is 5.75 Å². The molecule has 1 amide bonds. The Kier molecular flexibility index (Phi) is 4.80. The van der Waals surface area contributed by atoms with Gasteiger partial charge < -0.3 is 14.7 Å². The van der Waals surface area contributed by atoms with E-state index in [1.807, 2.05) is 29.2 Å². The Labute approximate surface area is 114 Å². The van der Waals surface area contributed by atoms with Crippen LogP contribution in [-0.4, -0.2) is 42.2 Å². The minimum atomic E-state index is -0.238. The summed E-state index contributed by atoms with van der Waals surface area (Å²) in [6, 6.07) is 7.79. The zero-order valence-corrected chi connectivity index (χ0v) is 11.3. The molecule has 0 aliphatic carbocycles. The molecule has 1 aromatic rings. The SMILES string of the molecule is COc1ccccc1CCC(=O)N1CCC(O)CC1. The lowest BCUT2D eigenvalue weighted by molar-refractivity contribution is -0.133. The Balaban J connectivity index is 1.86. The van der Waals surface area contributed by atoms with Crippen LogP contribution in [0.15, 0.2) is 24.3 Å². The van der Waals surface area contributed by atoms with Crippen molar-refractivity contribution in [2.45, 2.75) is 31.8 Å². The Bertz CT molecular complexity index is 425. The lowest BCUT2D eigenvalue weighted by Crippen LogP contribution is -2.40. The molecule has 0 spiro atoms. The third kappa shape index (κ3) is 3.70. The number of benzene rings is 1. The first kappa shape index (κ1) is 13.9. The van der Waals surface area contributed by atoms with Gasteiger partial charge in [-0.25, -0.2) is 0 Å². The van der Waals surface area contributed by atoms with Gasteiger partial charge in [0.25, 0.3) is 0 Å². The fourth-order valence-corrected chi connectivity index (χ4v) is 2.42. The predicted molar refractivity (Wildman–Crippen MR) is 73.1 cm³/mol. The van der Waals surface area contributed by atoms with E-state index in [9.17, 15) is 9.90 Å². The summed E-state index contributed by atoms with van der Waals surface area (Å²) in [5.41, 5.74) is 1.07. The Hall–Kier alpha value is -1.55. The van der Waals surface area contributed by atoms with Gasteiger partial charge in [-0.05, 0) is 30.9 Å². The van der Waals surface area contributed by atoms with Gasteiger partial charge in [-0.15, -0.1) is 0 Å². The van der Waals surface area contributed by atoms with Crippen LogP contribution < -0.4 is 4.74 Å². The van der Waals surface area contributed by atoms with Crippen molar-refractivity contribution < 1.29 is 14.6 Å². The highest BCUT2D eigenvalue weighted by atomic mass is 16.5. The monoisotopic (exact) mass is 263 g/mol. The Morgan fingerprint density at radius 2 is 2.05 bits per heavy atom. The number of aryl methyl sites for hydroxylation is 1. The molecule has 1 aliphatic rings. The number of ether oxygens (including phenoxy) is 1. The summed E-state index contributed by atoms with van der Waals surface area (Å²) < 4.78 is 5.28. The molecule has 1 N–H and O–H groups in total. The fourth-order valence-electron chi connectivity index (χ4n) is 2.42. The van der Waals surface area contributed by atoms with Crippen molar-refractivity contribution in [2.24, 2.45) is 0 Å². The fraction of sp³-hybridized carbons (Fsp3) is 0.533. The molecule has 104 valence electrons. The number of carbonyl (C=O) groups is 1. The number of carbonyl (C=O) groups excluding carboxylic acids is 1. The van der Waals surface area contributed by atoms with E-state index in [0.717, 1.165) is 11.3 Å². The summed E-state index contributed by atoms with van der Waals surface area (Å²) in [6.45, 7) is 1.35. The molecule has 0 bridgehead atoms. The minimum absolute atomic E-state index is 0.165. The molecule has 0 atom stereocenters. The number of piperidine rings is 1. The zero-order valence-electron chi connectivity index (χ0n) is 11.3. The summed E-state index contributed by atoms with van der Waals surface area (Å²) in [4.78, 5) is 13.9. The highest BCUT2D eigenvalue weighted by molar-refractivity contribution is 5.76. The van der Waals surface area contributed by atoms with Gasteiger partial charge in [0, 0.05) is 19.5 Å². The summed E-state index contributed by atoms with van der Waals surface area (Å²) in [7, 11) is 1.65. The number of hydrogen-bond acceptors (Lipinski definition) is 3. The van der Waals surface area contributed by atoms with E-state index in [0.29, 0.717) is 38.8 Å². The maximum Gasteiger partial charge on any atom is 0.222 e. The molecule has 4 nitrogen and oxygen atoms in total. The van der Waals surface area contributed by atoms with Gasteiger partial charge in [0.05, 0.1) is 13.2 Å². The van der Waals surface area contributed by atoms with Crippen LogP contribution in [0.2, 0.25) is 0 Å². The van der Waals surface area contributed by atoms with Crippen LogP contribution in [0.4, 0.5) is 0 Å². The average Bonchev–Trinajstić information content (AvgIpc) is 2.45. The normalized spacial score (nSPS) is 16.4. The first-order valence-electron chi connectivity index (χ1n) is 6.78. The molecule has 0 aromatic heterocycles. The second kappa shape index (κ2) is 6.57. The molecule has 1 heterocycles. The third-order valence-corrected chi connectivity index (χ3v) is 3.62. The molecule has 0 unspecified atom stereocenters. The van der Waals surface area contributed by atoms with Gasteiger partial charge in [0.2, 0.25) is 5.91 Å². The van der Waals surface area contributed by atoms with Crippen molar-refractivity contribution in [3.05, 3.63) is 29.8 Å². The second-order valence-corrected chi connectivity index (χ2v) is 4.92. The van der Waals surface area contributed by atoms with E-state index in [4.69, 9.17) is 4.74 Å². The van der Waals surface area contributed by atoms with Crippen LogP contribution in [0.1, 0.15) is 24.8 Å². The summed E-state index contributed by atoms with van der Waals surface area (Å²) in [5.74, 6) is 1.00. The van der Waals surface area contributed by atoms with Crippen molar-refractivity contribution >= 4 is 5.91 Å². The number of hydrogen-bond donors (Lipinski definition) is 1. The van der Waals surface area contributed by atoms with Gasteiger partial charge in [-0.2, -0.15) is 0 Å². The van der Waals surface area contributed by atoms with Crippen molar-refractivity contribution in [3.8, 4) is 5.75 Å². The zero-order chi connectivity index (χ0) is 13.7. The highest BCUT2D eigenvalue weighted by Gasteiger charge is 2.21. The predicted octanol–water partition coefficient (Wildman–Crippen LogP) is 1.61. The lowest BCUT2D eigenvalue weighted by atomic mass is 10.1. The van der Waals surface area contributed by atoms with Crippen LogP contribution in [-0.2, 0) is 11.2 Å². The molecular weight excluding hydrogens is 242 g/mol. The van der Waals surface area contributed by atoms with E-state index in [1.165, 1.54) is 0 Å². The quantitative estimate of drug-likeness (QED) is 0.898. The standard InChI is InChI=1S/C15H21NO3/c1-19-14-5-3-2-4-12(14)6-7-15(18)16-10-8-13(17)9-11-16/h2-5,13,17H,6-11H2,1H3.